The Balaban J connectivity index is 1.47. The van der Waals surface area contributed by atoms with E-state index in [1.165, 1.54) is 50.5 Å². The van der Waals surface area contributed by atoms with Gasteiger partial charge in [-0.15, -0.1) is 11.6 Å². The predicted molar refractivity (Wildman–Crippen MR) is 81.8 cm³/mol. The number of hydrogen-bond donors (Lipinski definition) is 1. The van der Waals surface area contributed by atoms with Crippen LogP contribution in [0.25, 0.3) is 0 Å². The van der Waals surface area contributed by atoms with E-state index in [4.69, 9.17) is 11.6 Å². The van der Waals surface area contributed by atoms with Gasteiger partial charge in [-0.1, -0.05) is 24.6 Å². The highest BCUT2D eigenvalue weighted by atomic mass is 35.5. The van der Waals surface area contributed by atoms with E-state index in [2.05, 4.69) is 23.5 Å². The maximum Gasteiger partial charge on any atom is 0.0339 e. The summed E-state index contributed by atoms with van der Waals surface area (Å²) in [7, 11) is 0. The topological polar surface area (TPSA) is 12.0 Å². The first-order chi connectivity index (χ1) is 9.31. The summed E-state index contributed by atoms with van der Waals surface area (Å²) in [4.78, 5) is 0. The second-order valence-electron chi connectivity index (χ2n) is 6.22. The SMILES string of the molecule is ClC1CCCC(CNCc2ccc3c(c2)CCC3)C1. The summed E-state index contributed by atoms with van der Waals surface area (Å²) in [5, 5.41) is 4.04. The third-order valence-electron chi connectivity index (χ3n) is 4.64. The average molecular weight is 278 g/mol. The summed E-state index contributed by atoms with van der Waals surface area (Å²) >= 11 is 6.24. The van der Waals surface area contributed by atoms with E-state index in [-0.39, 0.29) is 0 Å². The van der Waals surface area contributed by atoms with Crippen molar-refractivity contribution in [1.29, 1.82) is 0 Å². The molecule has 2 aliphatic rings. The van der Waals surface area contributed by atoms with Crippen LogP contribution in [-0.2, 0) is 19.4 Å². The molecule has 3 rings (SSSR count). The van der Waals surface area contributed by atoms with Crippen molar-refractivity contribution in [3.63, 3.8) is 0 Å². The summed E-state index contributed by atoms with van der Waals surface area (Å²) in [6.07, 6.45) is 8.95. The minimum atomic E-state index is 0.417. The number of aryl methyl sites for hydroxylation is 2. The molecule has 19 heavy (non-hydrogen) atoms. The van der Waals surface area contributed by atoms with Crippen molar-refractivity contribution in [3.05, 3.63) is 34.9 Å². The fraction of sp³-hybridized carbons (Fsp3) is 0.647. The number of alkyl halides is 1. The third kappa shape index (κ3) is 3.52. The van der Waals surface area contributed by atoms with Crippen molar-refractivity contribution in [2.45, 2.75) is 56.9 Å². The summed E-state index contributed by atoms with van der Waals surface area (Å²) in [5.74, 6) is 0.783. The van der Waals surface area contributed by atoms with Crippen LogP contribution in [0.15, 0.2) is 18.2 Å². The van der Waals surface area contributed by atoms with Gasteiger partial charge >= 0.3 is 0 Å². The summed E-state index contributed by atoms with van der Waals surface area (Å²) < 4.78 is 0. The molecule has 0 amide bonds. The van der Waals surface area contributed by atoms with Gasteiger partial charge in [0.2, 0.25) is 0 Å². The Bertz CT molecular complexity index is 429. The molecular formula is C17H24ClN. The highest BCUT2D eigenvalue weighted by molar-refractivity contribution is 6.20. The molecule has 1 N–H and O–H groups in total. The smallest absolute Gasteiger partial charge is 0.0339 e. The third-order valence-corrected chi connectivity index (χ3v) is 5.04. The number of nitrogens with one attached hydrogen (secondary N) is 1. The van der Waals surface area contributed by atoms with Crippen LogP contribution in [0.4, 0.5) is 0 Å². The van der Waals surface area contributed by atoms with Gasteiger partial charge in [-0.05, 0) is 67.7 Å². The molecule has 0 heterocycles. The number of benzene rings is 1. The molecule has 0 radical (unpaired) electrons. The van der Waals surface area contributed by atoms with Gasteiger partial charge in [-0.2, -0.15) is 0 Å². The van der Waals surface area contributed by atoms with Crippen molar-refractivity contribution in [2.75, 3.05) is 6.54 Å². The van der Waals surface area contributed by atoms with Crippen LogP contribution >= 0.6 is 11.6 Å². The molecule has 1 nitrogen and oxygen atoms in total. The van der Waals surface area contributed by atoms with E-state index < -0.39 is 0 Å². The van der Waals surface area contributed by atoms with Crippen molar-refractivity contribution in [1.82, 2.24) is 5.32 Å². The molecule has 104 valence electrons. The van der Waals surface area contributed by atoms with Crippen LogP contribution in [0.3, 0.4) is 0 Å². The highest BCUT2D eigenvalue weighted by Gasteiger charge is 2.19. The lowest BCUT2D eigenvalue weighted by Crippen LogP contribution is -2.27. The first-order valence-corrected chi connectivity index (χ1v) is 8.20. The van der Waals surface area contributed by atoms with Crippen molar-refractivity contribution in [3.8, 4) is 0 Å². The zero-order valence-corrected chi connectivity index (χ0v) is 12.4. The minimum Gasteiger partial charge on any atom is -0.312 e. The van der Waals surface area contributed by atoms with Crippen molar-refractivity contribution < 1.29 is 0 Å². The zero-order valence-electron chi connectivity index (χ0n) is 11.6. The Hall–Kier alpha value is -0.530. The van der Waals surface area contributed by atoms with E-state index >= 15 is 0 Å². The van der Waals surface area contributed by atoms with Gasteiger partial charge in [0, 0.05) is 11.9 Å². The number of rotatable bonds is 4. The Morgan fingerprint density at radius 3 is 2.89 bits per heavy atom. The maximum atomic E-state index is 6.24. The molecule has 0 saturated heterocycles. The van der Waals surface area contributed by atoms with Crippen LogP contribution in [-0.4, -0.2) is 11.9 Å². The van der Waals surface area contributed by atoms with E-state index in [1.54, 1.807) is 11.1 Å². The first kappa shape index (κ1) is 13.5. The second kappa shape index (κ2) is 6.28. The van der Waals surface area contributed by atoms with E-state index in [1.807, 2.05) is 0 Å². The minimum absolute atomic E-state index is 0.417. The molecular weight excluding hydrogens is 254 g/mol. The molecule has 0 aromatic heterocycles. The van der Waals surface area contributed by atoms with Gasteiger partial charge < -0.3 is 5.32 Å². The summed E-state index contributed by atoms with van der Waals surface area (Å²) in [6, 6.07) is 7.03. The zero-order chi connectivity index (χ0) is 13.1. The molecule has 1 aromatic rings. The summed E-state index contributed by atoms with van der Waals surface area (Å²) in [5.41, 5.74) is 4.60. The number of halogens is 1. The quantitative estimate of drug-likeness (QED) is 0.819. The van der Waals surface area contributed by atoms with Crippen LogP contribution in [0.5, 0.6) is 0 Å². The Labute approximate surface area is 121 Å². The Morgan fingerprint density at radius 2 is 2.00 bits per heavy atom. The van der Waals surface area contributed by atoms with Crippen molar-refractivity contribution >= 4 is 11.6 Å². The second-order valence-corrected chi connectivity index (χ2v) is 6.83. The van der Waals surface area contributed by atoms with Crippen LogP contribution in [0, 0.1) is 5.92 Å². The molecule has 1 aromatic carbocycles. The highest BCUT2D eigenvalue weighted by Crippen LogP contribution is 2.27. The van der Waals surface area contributed by atoms with Crippen LogP contribution in [0.1, 0.15) is 48.8 Å². The molecule has 2 unspecified atom stereocenters. The fourth-order valence-corrected chi connectivity index (χ4v) is 3.97. The maximum absolute atomic E-state index is 6.24. The fourth-order valence-electron chi connectivity index (χ4n) is 3.57. The lowest BCUT2D eigenvalue weighted by Gasteiger charge is -2.25. The molecule has 2 aliphatic carbocycles. The van der Waals surface area contributed by atoms with Gasteiger partial charge in [-0.3, -0.25) is 0 Å². The Morgan fingerprint density at radius 1 is 1.11 bits per heavy atom. The van der Waals surface area contributed by atoms with Gasteiger partial charge in [0.15, 0.2) is 0 Å². The predicted octanol–water partition coefficient (Wildman–Crippen LogP) is 4.06. The molecule has 0 bridgehead atoms. The van der Waals surface area contributed by atoms with E-state index in [0.29, 0.717) is 5.38 Å². The average Bonchev–Trinajstić information content (AvgIpc) is 2.86. The van der Waals surface area contributed by atoms with Crippen molar-refractivity contribution in [2.24, 2.45) is 5.92 Å². The Kier molecular flexibility index (Phi) is 4.45. The summed E-state index contributed by atoms with van der Waals surface area (Å²) in [6.45, 7) is 2.14. The standard InChI is InChI=1S/C17H24ClN/c18-17-6-1-3-13(10-17)11-19-12-14-7-8-15-4-2-5-16(15)9-14/h7-9,13,17,19H,1-6,10-12H2. The normalized spacial score (nSPS) is 26.4. The lowest BCUT2D eigenvalue weighted by atomic mass is 9.89. The number of hydrogen-bond acceptors (Lipinski definition) is 1. The molecule has 2 heteroatoms. The largest absolute Gasteiger partial charge is 0.312 e. The van der Waals surface area contributed by atoms with Gasteiger partial charge in [-0.25, -0.2) is 0 Å². The van der Waals surface area contributed by atoms with Crippen LogP contribution in [0.2, 0.25) is 0 Å². The molecule has 0 spiro atoms. The molecule has 1 fully saturated rings. The van der Waals surface area contributed by atoms with Gasteiger partial charge in [0.25, 0.3) is 0 Å². The van der Waals surface area contributed by atoms with Gasteiger partial charge in [0.05, 0.1) is 0 Å². The number of fused-ring (bicyclic) bond motifs is 1. The first-order valence-electron chi connectivity index (χ1n) is 7.77. The van der Waals surface area contributed by atoms with E-state index in [0.717, 1.165) is 19.0 Å². The molecule has 0 aliphatic heterocycles. The molecule has 2 atom stereocenters. The molecule has 1 saturated carbocycles. The van der Waals surface area contributed by atoms with E-state index in [9.17, 15) is 0 Å². The van der Waals surface area contributed by atoms with Crippen LogP contribution < -0.4 is 5.32 Å². The lowest BCUT2D eigenvalue weighted by molar-refractivity contribution is 0.346. The van der Waals surface area contributed by atoms with Gasteiger partial charge in [0.1, 0.15) is 0 Å². The monoisotopic (exact) mass is 277 g/mol.